The van der Waals surface area contributed by atoms with Crippen molar-refractivity contribution in [1.29, 1.82) is 0 Å². The van der Waals surface area contributed by atoms with Crippen LogP contribution in [0.25, 0.3) is 32.0 Å². The number of benzene rings is 3. The van der Waals surface area contributed by atoms with Gasteiger partial charge in [0.15, 0.2) is 17.2 Å². The van der Waals surface area contributed by atoms with Crippen LogP contribution in [0.5, 0.6) is 5.75 Å². The second-order valence-electron chi connectivity index (χ2n) is 17.7. The maximum absolute atomic E-state index is 13.4. The number of hydrogen-bond donors (Lipinski definition) is 4. The Hall–Kier alpha value is -6.18. The Kier molecular flexibility index (Phi) is 14.3. The zero-order valence-electron chi connectivity index (χ0n) is 37.1. The van der Waals surface area contributed by atoms with Crippen LogP contribution in [0.1, 0.15) is 89.6 Å². The number of amides is 3. The molecular formula is C49H48ClN7O9OsS-2. The fourth-order valence-electron chi connectivity index (χ4n) is 9.67. The van der Waals surface area contributed by atoms with Gasteiger partial charge in [-0.25, -0.2) is 16.5 Å². The van der Waals surface area contributed by atoms with E-state index < -0.39 is 30.5 Å². The number of rotatable bonds is 10. The molecule has 3 saturated heterocycles. The molecule has 7 heterocycles. The number of anilines is 3. The Morgan fingerprint density at radius 1 is 1.03 bits per heavy atom. The van der Waals surface area contributed by atoms with Crippen molar-refractivity contribution in [2.45, 2.75) is 75.9 Å². The van der Waals surface area contributed by atoms with Crippen molar-refractivity contribution in [3.05, 3.63) is 118 Å². The number of aromatic carboxylic acids is 1. The van der Waals surface area contributed by atoms with Crippen LogP contribution in [-0.4, -0.2) is 93.1 Å². The van der Waals surface area contributed by atoms with Gasteiger partial charge in [0.1, 0.15) is 11.1 Å². The van der Waals surface area contributed by atoms with E-state index in [0.29, 0.717) is 47.4 Å². The molecular weight excluding hydrogens is 1090 g/mol. The summed E-state index contributed by atoms with van der Waals surface area (Å²) in [5.74, 6) is -3.01. The Labute approximate surface area is 411 Å². The number of ether oxygens (including phenoxy) is 1. The number of carboxylic acid groups (broad SMARTS) is 2. The van der Waals surface area contributed by atoms with Gasteiger partial charge in [-0.3, -0.25) is 29.6 Å². The van der Waals surface area contributed by atoms with Crippen molar-refractivity contribution < 1.29 is 61.0 Å². The van der Waals surface area contributed by atoms with Gasteiger partial charge in [-0.2, -0.15) is 6.07 Å². The normalized spacial score (nSPS) is 18.9. The fraction of sp³-hybridized carbons (Fsp3) is 0.327. The molecule has 3 aromatic carbocycles. The van der Waals surface area contributed by atoms with Crippen molar-refractivity contribution in [1.82, 2.24) is 14.7 Å². The van der Waals surface area contributed by atoms with Crippen LogP contribution in [-0.2, 0) is 36.5 Å². The number of hydrogen-bond acceptors (Lipinski definition) is 11. The van der Waals surface area contributed by atoms with Crippen molar-refractivity contribution >= 4 is 85.9 Å². The second-order valence-corrected chi connectivity index (χ2v) is 19.1. The predicted octanol–water partition coefficient (Wildman–Crippen LogP) is 8.65. The third-order valence-electron chi connectivity index (χ3n) is 12.7. The van der Waals surface area contributed by atoms with E-state index in [4.69, 9.17) is 25.0 Å². The van der Waals surface area contributed by atoms with E-state index in [1.165, 1.54) is 11.3 Å². The summed E-state index contributed by atoms with van der Waals surface area (Å²) in [5.41, 5.74) is 7.28. The number of imide groups is 1. The molecule has 356 valence electrons. The molecule has 0 spiro atoms. The van der Waals surface area contributed by atoms with Crippen molar-refractivity contribution in [3.63, 3.8) is 0 Å². The topological polar surface area (TPSA) is 214 Å². The molecule has 19 heteroatoms. The molecule has 3 fully saturated rings. The summed E-state index contributed by atoms with van der Waals surface area (Å²) in [6.07, 6.45) is 8.39. The summed E-state index contributed by atoms with van der Waals surface area (Å²) >= 11 is 7.94. The quantitative estimate of drug-likeness (QED) is 0.0750. The zero-order chi connectivity index (χ0) is 48.4. The average Bonchev–Trinajstić information content (AvgIpc) is 3.98. The van der Waals surface area contributed by atoms with E-state index in [-0.39, 0.29) is 39.4 Å². The zero-order valence-corrected chi connectivity index (χ0v) is 41.3. The van der Waals surface area contributed by atoms with Crippen LogP contribution in [0.2, 0.25) is 5.02 Å². The Balaban J connectivity index is 0.000000183. The van der Waals surface area contributed by atoms with Gasteiger partial charge in [0, 0.05) is 48.4 Å². The Morgan fingerprint density at radius 3 is 2.51 bits per heavy atom. The summed E-state index contributed by atoms with van der Waals surface area (Å²) in [5, 5.41) is 30.9. The number of nitrogens with one attached hydrogen (secondary N) is 2. The number of nitrogens with zero attached hydrogens (tertiary/aromatic N) is 5. The third-order valence-corrected chi connectivity index (χ3v) is 14.4. The number of piperidine rings is 3. The molecule has 3 aromatic heterocycles. The van der Waals surface area contributed by atoms with Gasteiger partial charge in [-0.1, -0.05) is 67.9 Å². The summed E-state index contributed by atoms with van der Waals surface area (Å²) in [6.45, 7) is 10.2. The molecule has 4 N–H and O–H groups in total. The standard InChI is InChI=1S/C29H26N5O3.C20H22ClN2O5S.O.Os/c1-17-13-19-14-20(15-33(19)16-30-17)32-11-9-18(10-12-32)21-5-6-24-27-22(21)3-2-4-23(27)29(37)34(24)25-7-8-26(35)31-28(25)36;1-20(2)9-13(6-7-22-20)23-12-5-3-4-11(8-12)17-15(21)16(28-10-14(24)25)18(29-17)19(26)27;;/h2-6,13-16,18,25H,1,7-12H2,(H,31,35,36);3-5,8,13,23H,6-7,9-10H2,1-2H3,(H,24,25)(H,26,27);;/q2*-1;;. The molecule has 2 atom stereocenters. The summed E-state index contributed by atoms with van der Waals surface area (Å²) in [4.78, 5) is 68.7. The molecule has 4 aliphatic rings. The fourth-order valence-corrected chi connectivity index (χ4v) is 11.1. The van der Waals surface area contributed by atoms with Gasteiger partial charge in [0.2, 0.25) is 11.8 Å². The molecule has 68 heavy (non-hydrogen) atoms. The van der Waals surface area contributed by atoms with Crippen molar-refractivity contribution in [3.8, 4) is 16.2 Å². The average molecular weight is 1140 g/mol. The van der Waals surface area contributed by atoms with Crippen LogP contribution in [0.4, 0.5) is 17.1 Å². The number of fused-ring (bicyclic) bond motifs is 1. The summed E-state index contributed by atoms with van der Waals surface area (Å²) in [7, 11) is 0. The number of aromatic nitrogens is 2. The van der Waals surface area contributed by atoms with Gasteiger partial charge >= 0.3 is 34.0 Å². The third kappa shape index (κ3) is 10.0. The van der Waals surface area contributed by atoms with Crippen LogP contribution < -0.4 is 25.2 Å². The first-order valence-electron chi connectivity index (χ1n) is 22.0. The van der Waals surface area contributed by atoms with Gasteiger partial charge in [-0.15, -0.1) is 23.4 Å². The number of carbonyl (C=O) groups excluding carboxylic acids is 3. The van der Waals surface area contributed by atoms with E-state index in [1.807, 2.05) is 52.9 Å². The first-order valence-corrected chi connectivity index (χ1v) is 24.2. The number of carboxylic acids is 2. The molecule has 10 rings (SSSR count). The molecule has 6 aromatic rings. The number of aliphatic carboxylic acids is 1. The monoisotopic (exact) mass is 1140 g/mol. The Morgan fingerprint density at radius 2 is 1.79 bits per heavy atom. The first-order chi connectivity index (χ1) is 32.6. The Bertz CT molecular complexity index is 2950. The number of thiophene rings is 1. The molecule has 3 amide bonds. The first kappa shape index (κ1) is 48.3. The van der Waals surface area contributed by atoms with Crippen molar-refractivity contribution in [2.24, 2.45) is 0 Å². The number of carbonyl (C=O) groups is 5. The van der Waals surface area contributed by atoms with Crippen LogP contribution in [0.3, 0.4) is 0 Å². The molecule has 16 nitrogen and oxygen atoms in total. The molecule has 0 saturated carbocycles. The molecule has 2 unspecified atom stereocenters. The van der Waals surface area contributed by atoms with E-state index >= 15 is 0 Å². The van der Waals surface area contributed by atoms with Gasteiger partial charge in [-0.05, 0) is 84.0 Å². The maximum atomic E-state index is 13.4. The van der Waals surface area contributed by atoms with Crippen LogP contribution >= 0.6 is 22.9 Å². The predicted molar refractivity (Wildman–Crippen MR) is 255 cm³/mol. The second kappa shape index (κ2) is 20.2. The molecule has 0 bridgehead atoms. The number of halogens is 1. The molecule has 0 radical (unpaired) electrons. The van der Waals surface area contributed by atoms with Crippen LogP contribution in [0, 0.1) is 6.92 Å². The van der Waals surface area contributed by atoms with E-state index in [9.17, 15) is 29.1 Å². The van der Waals surface area contributed by atoms with E-state index in [0.717, 1.165) is 95.6 Å². The SMILES string of the molecule is CC1(C)CC(Nc2cccc(-c3sc(C(=O)O)c(OCC(=O)O)c3Cl)c2)CC[N-]1.[CH2-]c1cc2cc(N3CCC(c4ccc5c6c(cccc46)C(=O)N5C4CCC(=O)NC4=O)CC3)cn2cn1.[O]=[Os]. The molecule has 0 aliphatic carbocycles. The summed E-state index contributed by atoms with van der Waals surface area (Å²) in [6, 6.07) is 21.3. The van der Waals surface area contributed by atoms with Gasteiger partial charge in [0.25, 0.3) is 5.91 Å². The minimum atomic E-state index is -1.22. The van der Waals surface area contributed by atoms with E-state index in [2.05, 4.69) is 71.0 Å². The van der Waals surface area contributed by atoms with Gasteiger partial charge < -0.3 is 34.9 Å². The minimum absolute atomic E-state index is 0.0582. The van der Waals surface area contributed by atoms with E-state index in [1.54, 1.807) is 11.2 Å². The van der Waals surface area contributed by atoms with Crippen molar-refractivity contribution in [2.75, 3.05) is 41.4 Å². The van der Waals surface area contributed by atoms with Gasteiger partial charge in [0.05, 0.1) is 22.6 Å². The molecule has 4 aliphatic heterocycles. The summed E-state index contributed by atoms with van der Waals surface area (Å²) < 4.78 is 15.4. The van der Waals surface area contributed by atoms with Crippen LogP contribution in [0.15, 0.2) is 79.3 Å².